The summed E-state index contributed by atoms with van der Waals surface area (Å²) in [5.74, 6) is 1.33. The summed E-state index contributed by atoms with van der Waals surface area (Å²) in [6, 6.07) is 16.7. The van der Waals surface area contributed by atoms with Gasteiger partial charge in [0.2, 0.25) is 0 Å². The Labute approximate surface area is 238 Å². The van der Waals surface area contributed by atoms with E-state index in [0.29, 0.717) is 23.0 Å². The van der Waals surface area contributed by atoms with Crippen molar-refractivity contribution in [2.24, 2.45) is 0 Å². The third kappa shape index (κ3) is 8.12. The van der Waals surface area contributed by atoms with E-state index in [-0.39, 0.29) is 11.5 Å². The SMILES string of the molecule is CC.CC.Cc1ccc(-c2nc(-c3ccc(C)cc3C)nc(-c3ccc(O)cc3O)n2)c(C)c1.II. The van der Waals surface area contributed by atoms with Gasteiger partial charge < -0.3 is 10.2 Å². The van der Waals surface area contributed by atoms with Crippen LogP contribution in [0.15, 0.2) is 54.6 Å². The fourth-order valence-electron chi connectivity index (χ4n) is 3.58. The standard InChI is InChI=1S/C25H23N3O2.2C2H6.I2/c1-14-5-8-19(16(3)11-14)23-26-24(20-9-6-15(2)12-17(20)4)28-25(27-23)21-10-7-18(29)13-22(21)30;3*1-2/h5-13,29-30H,1-4H3;2*1-2H3;. The van der Waals surface area contributed by atoms with E-state index in [1.807, 2.05) is 79.7 Å². The third-order valence-corrected chi connectivity index (χ3v) is 5.10. The maximum Gasteiger partial charge on any atom is 0.167 e. The zero-order valence-electron chi connectivity index (χ0n) is 22.2. The second kappa shape index (κ2) is 15.8. The third-order valence-electron chi connectivity index (χ3n) is 5.10. The van der Waals surface area contributed by atoms with E-state index >= 15 is 0 Å². The summed E-state index contributed by atoms with van der Waals surface area (Å²) in [7, 11) is 0. The molecule has 0 fully saturated rings. The molecule has 36 heavy (non-hydrogen) atoms. The van der Waals surface area contributed by atoms with Gasteiger partial charge in [-0.2, -0.15) is 0 Å². The van der Waals surface area contributed by atoms with Gasteiger partial charge in [-0.3, -0.25) is 0 Å². The summed E-state index contributed by atoms with van der Waals surface area (Å²) < 4.78 is 0. The number of benzene rings is 3. The lowest BCUT2D eigenvalue weighted by Crippen LogP contribution is -2.02. The molecule has 4 rings (SSSR count). The van der Waals surface area contributed by atoms with Gasteiger partial charge >= 0.3 is 0 Å². The Morgan fingerprint density at radius 3 is 1.25 bits per heavy atom. The minimum atomic E-state index is -0.0839. The Kier molecular flexibility index (Phi) is 13.9. The first-order valence-corrected chi connectivity index (χ1v) is 18.2. The molecule has 0 atom stereocenters. The van der Waals surface area contributed by atoms with E-state index in [2.05, 4.69) is 59.3 Å². The van der Waals surface area contributed by atoms with Crippen LogP contribution in [0.5, 0.6) is 11.5 Å². The largest absolute Gasteiger partial charge is 0.508 e. The highest BCUT2D eigenvalue weighted by Crippen LogP contribution is 2.33. The van der Waals surface area contributed by atoms with Crippen molar-refractivity contribution in [3.8, 4) is 45.7 Å². The Hall–Kier alpha value is -2.27. The molecule has 0 aliphatic rings. The lowest BCUT2D eigenvalue weighted by Gasteiger charge is -2.12. The number of phenolic OH excluding ortho intramolecular Hbond substituents is 2. The molecule has 0 saturated carbocycles. The molecule has 7 heteroatoms. The number of aryl methyl sites for hydroxylation is 4. The molecule has 192 valence electrons. The van der Waals surface area contributed by atoms with Gasteiger partial charge in [0.15, 0.2) is 17.5 Å². The first kappa shape index (κ1) is 31.8. The van der Waals surface area contributed by atoms with Gasteiger partial charge in [-0.15, -0.1) is 0 Å². The number of aromatic hydroxyl groups is 2. The fraction of sp³-hybridized carbons (Fsp3) is 0.276. The van der Waals surface area contributed by atoms with Crippen LogP contribution in [0.3, 0.4) is 0 Å². The minimum Gasteiger partial charge on any atom is -0.508 e. The first-order valence-electron chi connectivity index (χ1n) is 11.9. The maximum atomic E-state index is 10.4. The molecule has 0 spiro atoms. The van der Waals surface area contributed by atoms with Crippen molar-refractivity contribution in [1.82, 2.24) is 15.0 Å². The van der Waals surface area contributed by atoms with Gasteiger partial charge in [-0.05, 0) is 51.0 Å². The summed E-state index contributed by atoms with van der Waals surface area (Å²) in [4.78, 5) is 14.1. The van der Waals surface area contributed by atoms with Crippen molar-refractivity contribution in [3.63, 3.8) is 0 Å². The first-order chi connectivity index (χ1) is 17.3. The Morgan fingerprint density at radius 2 is 0.889 bits per heavy atom. The highest BCUT2D eigenvalue weighted by atomic mass is 128. The predicted molar refractivity (Wildman–Crippen MR) is 169 cm³/mol. The van der Waals surface area contributed by atoms with Crippen LogP contribution in [0.4, 0.5) is 0 Å². The molecule has 3 aromatic carbocycles. The normalized spacial score (nSPS) is 9.61. The second-order valence-electron chi connectivity index (χ2n) is 7.64. The summed E-state index contributed by atoms with van der Waals surface area (Å²) in [5, 5.41) is 20.1. The van der Waals surface area contributed by atoms with Gasteiger partial charge in [-0.1, -0.05) is 75.2 Å². The predicted octanol–water partition coefficient (Wildman–Crippen LogP) is 9.34. The zero-order valence-corrected chi connectivity index (χ0v) is 26.5. The van der Waals surface area contributed by atoms with E-state index in [0.717, 1.165) is 33.4 Å². The van der Waals surface area contributed by atoms with Crippen LogP contribution >= 0.6 is 37.2 Å². The molecule has 0 unspecified atom stereocenters. The van der Waals surface area contributed by atoms with Crippen molar-refractivity contribution in [2.45, 2.75) is 55.4 Å². The smallest absolute Gasteiger partial charge is 0.167 e. The number of phenols is 2. The number of halogens is 2. The topological polar surface area (TPSA) is 79.1 Å². The molecular formula is C29H35I2N3O2. The van der Waals surface area contributed by atoms with E-state index in [9.17, 15) is 10.2 Å². The van der Waals surface area contributed by atoms with Crippen molar-refractivity contribution < 1.29 is 10.2 Å². The van der Waals surface area contributed by atoms with Crippen LogP contribution in [0.1, 0.15) is 49.9 Å². The molecule has 0 bridgehead atoms. The average molecular weight is 711 g/mol. The highest BCUT2D eigenvalue weighted by Gasteiger charge is 2.17. The van der Waals surface area contributed by atoms with Crippen LogP contribution in [-0.4, -0.2) is 25.2 Å². The monoisotopic (exact) mass is 711 g/mol. The molecule has 4 aromatic rings. The van der Waals surface area contributed by atoms with Gasteiger partial charge in [0, 0.05) is 54.4 Å². The fourth-order valence-corrected chi connectivity index (χ4v) is 3.58. The van der Waals surface area contributed by atoms with Gasteiger partial charge in [0.05, 0.1) is 5.56 Å². The lowest BCUT2D eigenvalue weighted by atomic mass is 10.0. The molecule has 1 heterocycles. The molecule has 1 aromatic heterocycles. The summed E-state index contributed by atoms with van der Waals surface area (Å²) in [5.41, 5.74) is 6.71. The van der Waals surface area contributed by atoms with Crippen LogP contribution in [0.25, 0.3) is 34.2 Å². The lowest BCUT2D eigenvalue weighted by molar-refractivity contribution is 0.451. The number of aromatic nitrogens is 3. The van der Waals surface area contributed by atoms with E-state index < -0.39 is 0 Å². The summed E-state index contributed by atoms with van der Waals surface area (Å²) >= 11 is 4.24. The molecule has 0 aliphatic carbocycles. The van der Waals surface area contributed by atoms with Crippen LogP contribution < -0.4 is 0 Å². The summed E-state index contributed by atoms with van der Waals surface area (Å²) in [6.45, 7) is 16.2. The number of hydrogen-bond acceptors (Lipinski definition) is 5. The van der Waals surface area contributed by atoms with Gasteiger partial charge in [0.25, 0.3) is 0 Å². The van der Waals surface area contributed by atoms with E-state index in [1.165, 1.54) is 12.1 Å². The molecule has 5 nitrogen and oxygen atoms in total. The van der Waals surface area contributed by atoms with Crippen LogP contribution in [0, 0.1) is 27.7 Å². The number of nitrogens with zero attached hydrogens (tertiary/aromatic N) is 3. The Morgan fingerprint density at radius 1 is 0.528 bits per heavy atom. The minimum absolute atomic E-state index is 0.0190. The number of rotatable bonds is 3. The number of hydrogen-bond donors (Lipinski definition) is 2. The van der Waals surface area contributed by atoms with E-state index in [1.54, 1.807) is 6.07 Å². The van der Waals surface area contributed by atoms with Crippen molar-refractivity contribution in [3.05, 3.63) is 76.9 Å². The highest BCUT2D eigenvalue weighted by molar-refractivity contribution is 15.0. The summed E-state index contributed by atoms with van der Waals surface area (Å²) in [6.07, 6.45) is 0. The second-order valence-corrected chi connectivity index (χ2v) is 7.64. The van der Waals surface area contributed by atoms with Crippen molar-refractivity contribution >= 4 is 37.2 Å². The van der Waals surface area contributed by atoms with Gasteiger partial charge in [0.1, 0.15) is 11.5 Å². The van der Waals surface area contributed by atoms with Crippen LogP contribution in [-0.2, 0) is 0 Å². The zero-order chi connectivity index (χ0) is 27.4. The molecule has 2 N–H and O–H groups in total. The quantitative estimate of drug-likeness (QED) is 0.207. The molecule has 0 amide bonds. The Balaban J connectivity index is 0.00000101. The van der Waals surface area contributed by atoms with Crippen molar-refractivity contribution in [2.75, 3.05) is 0 Å². The van der Waals surface area contributed by atoms with E-state index in [4.69, 9.17) is 4.98 Å². The molecule has 0 saturated heterocycles. The molecular weight excluding hydrogens is 676 g/mol. The molecule has 0 aliphatic heterocycles. The molecule has 0 radical (unpaired) electrons. The maximum absolute atomic E-state index is 10.4. The average Bonchev–Trinajstić information content (AvgIpc) is 2.87. The Bertz CT molecular complexity index is 1110. The van der Waals surface area contributed by atoms with Crippen molar-refractivity contribution in [1.29, 1.82) is 0 Å². The van der Waals surface area contributed by atoms with Crippen LogP contribution in [0.2, 0.25) is 0 Å². The van der Waals surface area contributed by atoms with Gasteiger partial charge in [-0.25, -0.2) is 15.0 Å².